The van der Waals surface area contributed by atoms with Crippen molar-refractivity contribution in [3.63, 3.8) is 0 Å². The monoisotopic (exact) mass is 418 g/mol. The van der Waals surface area contributed by atoms with E-state index in [0.717, 1.165) is 11.1 Å². The van der Waals surface area contributed by atoms with E-state index >= 15 is 0 Å². The first-order valence-corrected chi connectivity index (χ1v) is 10.9. The van der Waals surface area contributed by atoms with E-state index in [-0.39, 0.29) is 25.6 Å². The SMILES string of the molecule is COc1ccccc1OCC(=O)N1CCN(S(=O)(=O)c2cc(C)ccc2C)CC1. The Balaban J connectivity index is 1.60. The van der Waals surface area contributed by atoms with Gasteiger partial charge in [0.15, 0.2) is 18.1 Å². The van der Waals surface area contributed by atoms with Gasteiger partial charge in [-0.15, -0.1) is 0 Å². The van der Waals surface area contributed by atoms with Gasteiger partial charge in [-0.2, -0.15) is 4.31 Å². The Morgan fingerprint density at radius 2 is 1.66 bits per heavy atom. The second-order valence-electron chi connectivity index (χ2n) is 6.99. The zero-order chi connectivity index (χ0) is 21.0. The Morgan fingerprint density at radius 1 is 1.00 bits per heavy atom. The van der Waals surface area contributed by atoms with E-state index in [1.807, 2.05) is 25.1 Å². The van der Waals surface area contributed by atoms with Crippen molar-refractivity contribution in [2.45, 2.75) is 18.7 Å². The predicted octanol–water partition coefficient (Wildman–Crippen LogP) is 2.22. The van der Waals surface area contributed by atoms with Gasteiger partial charge >= 0.3 is 0 Å². The van der Waals surface area contributed by atoms with Gasteiger partial charge < -0.3 is 14.4 Å². The molecule has 0 bridgehead atoms. The molecular formula is C21H26N2O5S. The lowest BCUT2D eigenvalue weighted by Crippen LogP contribution is -2.51. The molecule has 0 N–H and O–H groups in total. The van der Waals surface area contributed by atoms with Crippen LogP contribution in [0.3, 0.4) is 0 Å². The average Bonchev–Trinajstić information content (AvgIpc) is 2.73. The lowest BCUT2D eigenvalue weighted by atomic mass is 10.2. The molecule has 0 radical (unpaired) electrons. The maximum absolute atomic E-state index is 13.0. The molecule has 1 saturated heterocycles. The van der Waals surface area contributed by atoms with Crippen molar-refractivity contribution in [3.05, 3.63) is 53.6 Å². The van der Waals surface area contributed by atoms with Gasteiger partial charge in [0.2, 0.25) is 10.0 Å². The molecule has 1 fully saturated rings. The van der Waals surface area contributed by atoms with Crippen LogP contribution in [0.5, 0.6) is 11.5 Å². The summed E-state index contributed by atoms with van der Waals surface area (Å²) in [7, 11) is -2.04. The Kier molecular flexibility index (Phi) is 6.44. The van der Waals surface area contributed by atoms with Gasteiger partial charge in [-0.05, 0) is 43.2 Å². The summed E-state index contributed by atoms with van der Waals surface area (Å²) in [5, 5.41) is 0. The van der Waals surface area contributed by atoms with E-state index in [1.165, 1.54) is 4.31 Å². The third-order valence-electron chi connectivity index (χ3n) is 4.97. The maximum Gasteiger partial charge on any atom is 0.260 e. The molecule has 0 aliphatic carbocycles. The number of para-hydroxylation sites is 2. The standard InChI is InChI=1S/C21H26N2O5S/c1-16-8-9-17(2)20(14-16)29(25,26)23-12-10-22(11-13-23)21(24)15-28-19-7-5-4-6-18(19)27-3/h4-9,14H,10-13,15H2,1-3H3. The van der Waals surface area contributed by atoms with Gasteiger partial charge in [0.25, 0.3) is 5.91 Å². The van der Waals surface area contributed by atoms with Gasteiger partial charge in [0, 0.05) is 26.2 Å². The number of piperazine rings is 1. The van der Waals surface area contributed by atoms with Crippen LogP contribution in [0, 0.1) is 13.8 Å². The Morgan fingerprint density at radius 3 is 2.31 bits per heavy atom. The van der Waals surface area contributed by atoms with Crippen molar-refractivity contribution >= 4 is 15.9 Å². The third kappa shape index (κ3) is 4.71. The van der Waals surface area contributed by atoms with E-state index in [1.54, 1.807) is 43.2 Å². The van der Waals surface area contributed by atoms with Crippen molar-refractivity contribution in [2.24, 2.45) is 0 Å². The van der Waals surface area contributed by atoms with Crippen LogP contribution in [0.1, 0.15) is 11.1 Å². The molecule has 1 amide bonds. The number of ether oxygens (including phenoxy) is 2. The number of hydrogen-bond donors (Lipinski definition) is 0. The highest BCUT2D eigenvalue weighted by atomic mass is 32.2. The molecule has 3 rings (SSSR count). The summed E-state index contributed by atoms with van der Waals surface area (Å²) in [5.74, 6) is 0.879. The number of carbonyl (C=O) groups is 1. The lowest BCUT2D eigenvalue weighted by molar-refractivity contribution is -0.134. The number of benzene rings is 2. The van der Waals surface area contributed by atoms with Crippen LogP contribution < -0.4 is 9.47 Å². The minimum absolute atomic E-state index is 0.121. The van der Waals surface area contributed by atoms with Crippen LogP contribution >= 0.6 is 0 Å². The molecule has 2 aromatic rings. The van der Waals surface area contributed by atoms with Crippen molar-refractivity contribution in [1.29, 1.82) is 0 Å². The van der Waals surface area contributed by atoms with Gasteiger partial charge in [0.1, 0.15) is 0 Å². The highest BCUT2D eigenvalue weighted by molar-refractivity contribution is 7.89. The highest BCUT2D eigenvalue weighted by Crippen LogP contribution is 2.26. The van der Waals surface area contributed by atoms with Crippen LogP contribution in [0.15, 0.2) is 47.4 Å². The number of hydrogen-bond acceptors (Lipinski definition) is 5. The maximum atomic E-state index is 13.0. The molecule has 2 aromatic carbocycles. The number of carbonyl (C=O) groups excluding carboxylic acids is 1. The van der Waals surface area contributed by atoms with Crippen molar-refractivity contribution in [3.8, 4) is 11.5 Å². The zero-order valence-electron chi connectivity index (χ0n) is 16.9. The molecule has 156 valence electrons. The summed E-state index contributed by atoms with van der Waals surface area (Å²) >= 11 is 0. The van der Waals surface area contributed by atoms with E-state index in [2.05, 4.69) is 0 Å². The molecule has 0 saturated carbocycles. The molecule has 0 spiro atoms. The number of sulfonamides is 1. The topological polar surface area (TPSA) is 76.2 Å². The first-order chi connectivity index (χ1) is 13.8. The summed E-state index contributed by atoms with van der Waals surface area (Å²) in [4.78, 5) is 14.4. The van der Waals surface area contributed by atoms with E-state index in [4.69, 9.17) is 9.47 Å². The molecule has 8 heteroatoms. The van der Waals surface area contributed by atoms with Crippen molar-refractivity contribution in [2.75, 3.05) is 39.9 Å². The van der Waals surface area contributed by atoms with Gasteiger partial charge in [-0.1, -0.05) is 24.3 Å². The fraction of sp³-hybridized carbons (Fsp3) is 0.381. The fourth-order valence-corrected chi connectivity index (χ4v) is 5.00. The summed E-state index contributed by atoms with van der Waals surface area (Å²) in [6.45, 7) is 4.73. The molecule has 1 aliphatic heterocycles. The highest BCUT2D eigenvalue weighted by Gasteiger charge is 2.31. The summed E-state index contributed by atoms with van der Waals surface area (Å²) < 4.78 is 38.2. The first-order valence-electron chi connectivity index (χ1n) is 9.44. The van der Waals surface area contributed by atoms with Crippen molar-refractivity contribution < 1.29 is 22.7 Å². The molecule has 7 nitrogen and oxygen atoms in total. The average molecular weight is 419 g/mol. The number of nitrogens with zero attached hydrogens (tertiary/aromatic N) is 2. The molecule has 29 heavy (non-hydrogen) atoms. The number of amides is 1. The summed E-state index contributed by atoms with van der Waals surface area (Å²) in [6.07, 6.45) is 0. The molecule has 1 aliphatic rings. The lowest BCUT2D eigenvalue weighted by Gasteiger charge is -2.34. The van der Waals surface area contributed by atoms with E-state index in [9.17, 15) is 13.2 Å². The summed E-state index contributed by atoms with van der Waals surface area (Å²) in [5.41, 5.74) is 1.62. The molecule has 0 aromatic heterocycles. The van der Waals surface area contributed by atoms with Crippen LogP contribution in [-0.2, 0) is 14.8 Å². The van der Waals surface area contributed by atoms with E-state index < -0.39 is 10.0 Å². The van der Waals surface area contributed by atoms with Gasteiger partial charge in [0.05, 0.1) is 12.0 Å². The van der Waals surface area contributed by atoms with Crippen LogP contribution in [-0.4, -0.2) is 63.4 Å². The Labute approximate surface area is 171 Å². The molecule has 0 atom stereocenters. The van der Waals surface area contributed by atoms with Gasteiger partial charge in [-0.3, -0.25) is 4.79 Å². The number of methoxy groups -OCH3 is 1. The van der Waals surface area contributed by atoms with E-state index in [0.29, 0.717) is 29.5 Å². The molecule has 0 unspecified atom stereocenters. The van der Waals surface area contributed by atoms with Crippen molar-refractivity contribution in [1.82, 2.24) is 9.21 Å². The van der Waals surface area contributed by atoms with Crippen LogP contribution in [0.2, 0.25) is 0 Å². The molecule has 1 heterocycles. The van der Waals surface area contributed by atoms with Crippen LogP contribution in [0.4, 0.5) is 0 Å². The predicted molar refractivity (Wildman–Crippen MR) is 110 cm³/mol. The minimum Gasteiger partial charge on any atom is -0.493 e. The third-order valence-corrected chi connectivity index (χ3v) is 7.01. The van der Waals surface area contributed by atoms with Crippen LogP contribution in [0.25, 0.3) is 0 Å². The fourth-order valence-electron chi connectivity index (χ4n) is 3.27. The largest absolute Gasteiger partial charge is 0.493 e. The Bertz CT molecular complexity index is 982. The quantitative estimate of drug-likeness (QED) is 0.719. The molecular weight excluding hydrogens is 392 g/mol. The van der Waals surface area contributed by atoms with Gasteiger partial charge in [-0.25, -0.2) is 8.42 Å². The second-order valence-corrected chi connectivity index (χ2v) is 8.90. The number of aryl methyl sites for hydroxylation is 2. The second kappa shape index (κ2) is 8.84. The smallest absolute Gasteiger partial charge is 0.260 e. The number of rotatable bonds is 6. The summed E-state index contributed by atoms with van der Waals surface area (Å²) in [6, 6.07) is 12.5. The normalized spacial score (nSPS) is 15.2. The minimum atomic E-state index is -3.58. The zero-order valence-corrected chi connectivity index (χ0v) is 17.7. The Hall–Kier alpha value is -2.58. The first kappa shape index (κ1) is 21.1.